The molecule has 0 amide bonds. The maximum atomic E-state index is 12.5. The van der Waals surface area contributed by atoms with Crippen molar-refractivity contribution in [3.05, 3.63) is 71.8 Å². The Morgan fingerprint density at radius 3 is 2.77 bits per heavy atom. The number of carbonyl (C=O) groups is 1. The van der Waals surface area contributed by atoms with Crippen LogP contribution in [-0.4, -0.2) is 50.3 Å². The van der Waals surface area contributed by atoms with Gasteiger partial charge in [-0.1, -0.05) is 30.3 Å². The lowest BCUT2D eigenvalue weighted by atomic mass is 9.70. The number of rotatable bonds is 6. The Hall–Kier alpha value is -2.79. The molecule has 2 heterocycles. The molecule has 0 radical (unpaired) electrons. The van der Waals surface area contributed by atoms with Gasteiger partial charge in [0.2, 0.25) is 0 Å². The van der Waals surface area contributed by atoms with Crippen molar-refractivity contribution in [3.63, 3.8) is 0 Å². The molecule has 0 aliphatic carbocycles. The van der Waals surface area contributed by atoms with Crippen LogP contribution >= 0.6 is 0 Å². The fraction of sp³-hybridized carbons (Fsp3) is 0.423. The van der Waals surface area contributed by atoms with Crippen molar-refractivity contribution in [3.8, 4) is 11.5 Å². The molecule has 0 saturated heterocycles. The van der Waals surface area contributed by atoms with Gasteiger partial charge in [-0.2, -0.15) is 0 Å². The standard InChI is InChI=1S/C26H31NO4/c1-5-26-14-16-27(3)15-13-19-11-12-21(29-4)24(23(19)26)31-22(26)17-18(2)30-25(28)20-9-7-6-8-10-20/h5-12,18,22H,1,13-17H2,2-4H3/t18-,22?,26-/m0/s1. The molecule has 0 aromatic heterocycles. The molecule has 0 N–H and O–H groups in total. The van der Waals surface area contributed by atoms with Gasteiger partial charge in [0.05, 0.1) is 18.1 Å². The summed E-state index contributed by atoms with van der Waals surface area (Å²) < 4.78 is 17.9. The molecule has 5 nitrogen and oxygen atoms in total. The Morgan fingerprint density at radius 2 is 2.06 bits per heavy atom. The van der Waals surface area contributed by atoms with Gasteiger partial charge in [0, 0.05) is 18.5 Å². The lowest BCUT2D eigenvalue weighted by Crippen LogP contribution is -2.43. The van der Waals surface area contributed by atoms with E-state index in [0.717, 1.165) is 37.4 Å². The second kappa shape index (κ2) is 8.75. The predicted molar refractivity (Wildman–Crippen MR) is 121 cm³/mol. The van der Waals surface area contributed by atoms with Gasteiger partial charge in [-0.3, -0.25) is 0 Å². The fourth-order valence-corrected chi connectivity index (χ4v) is 4.86. The summed E-state index contributed by atoms with van der Waals surface area (Å²) in [5.74, 6) is 1.25. The number of hydrogen-bond acceptors (Lipinski definition) is 5. The molecule has 4 rings (SSSR count). The van der Waals surface area contributed by atoms with Crippen LogP contribution in [0.2, 0.25) is 0 Å². The topological polar surface area (TPSA) is 48.0 Å². The van der Waals surface area contributed by atoms with Crippen molar-refractivity contribution in [1.82, 2.24) is 4.90 Å². The van der Waals surface area contributed by atoms with Gasteiger partial charge in [0.25, 0.3) is 0 Å². The SMILES string of the molecule is C=C[C@@]12CCN(C)CCc3ccc(OC)c(c31)OC2C[C@H](C)OC(=O)c1ccccc1. The monoisotopic (exact) mass is 421 g/mol. The van der Waals surface area contributed by atoms with Crippen LogP contribution in [0.4, 0.5) is 0 Å². The average molecular weight is 422 g/mol. The third-order valence-electron chi connectivity index (χ3n) is 6.63. The molecule has 1 unspecified atom stereocenters. The Bertz CT molecular complexity index is 957. The molecule has 5 heteroatoms. The highest BCUT2D eigenvalue weighted by molar-refractivity contribution is 5.89. The Kier molecular flexibility index (Phi) is 6.05. The highest BCUT2D eigenvalue weighted by Gasteiger charge is 2.50. The van der Waals surface area contributed by atoms with Gasteiger partial charge in [-0.05, 0) is 57.1 Å². The van der Waals surface area contributed by atoms with Crippen LogP contribution < -0.4 is 9.47 Å². The number of nitrogens with zero attached hydrogens (tertiary/aromatic N) is 1. The molecule has 2 aliphatic rings. The van der Waals surface area contributed by atoms with Gasteiger partial charge in [0.15, 0.2) is 11.5 Å². The highest BCUT2D eigenvalue weighted by Crippen LogP contribution is 2.53. The lowest BCUT2D eigenvalue weighted by molar-refractivity contribution is 0.0184. The van der Waals surface area contributed by atoms with E-state index in [1.165, 1.54) is 11.1 Å². The van der Waals surface area contributed by atoms with Crippen LogP contribution in [-0.2, 0) is 16.6 Å². The minimum atomic E-state index is -0.346. The molecule has 31 heavy (non-hydrogen) atoms. The van der Waals surface area contributed by atoms with Crippen LogP contribution in [0.1, 0.15) is 41.3 Å². The molecule has 2 aromatic carbocycles. The molecule has 0 saturated carbocycles. The second-order valence-corrected chi connectivity index (χ2v) is 8.60. The summed E-state index contributed by atoms with van der Waals surface area (Å²) in [4.78, 5) is 14.9. The molecule has 164 valence electrons. The minimum absolute atomic E-state index is 0.180. The molecular weight excluding hydrogens is 390 g/mol. The van der Waals surface area contributed by atoms with Gasteiger partial charge in [-0.15, -0.1) is 6.58 Å². The predicted octanol–water partition coefficient (Wildman–Crippen LogP) is 4.39. The van der Waals surface area contributed by atoms with E-state index in [2.05, 4.69) is 24.6 Å². The van der Waals surface area contributed by atoms with Crippen LogP contribution in [0, 0.1) is 0 Å². The van der Waals surface area contributed by atoms with E-state index in [9.17, 15) is 4.79 Å². The summed E-state index contributed by atoms with van der Waals surface area (Å²) in [6.45, 7) is 8.11. The normalized spacial score (nSPS) is 23.6. The van der Waals surface area contributed by atoms with E-state index in [4.69, 9.17) is 14.2 Å². The van der Waals surface area contributed by atoms with E-state index in [-0.39, 0.29) is 23.6 Å². The molecule has 0 fully saturated rings. The van der Waals surface area contributed by atoms with Gasteiger partial charge < -0.3 is 19.1 Å². The summed E-state index contributed by atoms with van der Waals surface area (Å²) in [7, 11) is 3.83. The third-order valence-corrected chi connectivity index (χ3v) is 6.63. The summed E-state index contributed by atoms with van der Waals surface area (Å²) in [5, 5.41) is 0. The second-order valence-electron chi connectivity index (χ2n) is 8.60. The zero-order valence-electron chi connectivity index (χ0n) is 18.6. The number of carbonyl (C=O) groups excluding carboxylic acids is 1. The molecule has 2 aliphatic heterocycles. The van der Waals surface area contributed by atoms with E-state index >= 15 is 0 Å². The maximum Gasteiger partial charge on any atom is 0.338 e. The zero-order chi connectivity index (χ0) is 22.0. The number of esters is 1. The molecule has 3 atom stereocenters. The third kappa shape index (κ3) is 3.94. The largest absolute Gasteiger partial charge is 0.493 e. The molecule has 2 aromatic rings. The summed E-state index contributed by atoms with van der Waals surface area (Å²) in [6.07, 6.45) is 3.97. The molecule has 0 spiro atoms. The van der Waals surface area contributed by atoms with Gasteiger partial charge in [-0.25, -0.2) is 4.79 Å². The fourth-order valence-electron chi connectivity index (χ4n) is 4.86. The van der Waals surface area contributed by atoms with Crippen molar-refractivity contribution in [1.29, 1.82) is 0 Å². The molecular formula is C26H31NO4. The number of likely N-dealkylation sites (N-methyl/N-ethyl adjacent to an activating group) is 1. The maximum absolute atomic E-state index is 12.5. The minimum Gasteiger partial charge on any atom is -0.493 e. The first-order chi connectivity index (χ1) is 15.0. The van der Waals surface area contributed by atoms with E-state index < -0.39 is 0 Å². The van der Waals surface area contributed by atoms with E-state index in [0.29, 0.717) is 12.0 Å². The smallest absolute Gasteiger partial charge is 0.338 e. The Morgan fingerprint density at radius 1 is 1.29 bits per heavy atom. The van der Waals surface area contributed by atoms with Crippen molar-refractivity contribution < 1.29 is 19.0 Å². The summed E-state index contributed by atoms with van der Waals surface area (Å²) in [5.41, 5.74) is 2.68. The van der Waals surface area contributed by atoms with Gasteiger partial charge >= 0.3 is 5.97 Å². The van der Waals surface area contributed by atoms with Crippen molar-refractivity contribution >= 4 is 5.97 Å². The highest BCUT2D eigenvalue weighted by atomic mass is 16.6. The van der Waals surface area contributed by atoms with E-state index in [1.807, 2.05) is 37.3 Å². The quantitative estimate of drug-likeness (QED) is 0.511. The van der Waals surface area contributed by atoms with Crippen molar-refractivity contribution in [2.24, 2.45) is 0 Å². The number of benzene rings is 2. The van der Waals surface area contributed by atoms with Crippen LogP contribution in [0.25, 0.3) is 0 Å². The van der Waals surface area contributed by atoms with E-state index in [1.54, 1.807) is 19.2 Å². The van der Waals surface area contributed by atoms with Crippen LogP contribution in [0.3, 0.4) is 0 Å². The summed E-state index contributed by atoms with van der Waals surface area (Å²) in [6, 6.07) is 13.2. The number of methoxy groups -OCH3 is 1. The number of ether oxygens (including phenoxy) is 3. The molecule has 0 bridgehead atoms. The average Bonchev–Trinajstić information content (AvgIpc) is 3.09. The first kappa shape index (κ1) is 21.4. The first-order valence-corrected chi connectivity index (χ1v) is 10.9. The van der Waals surface area contributed by atoms with Crippen LogP contribution in [0.5, 0.6) is 11.5 Å². The Balaban J connectivity index is 1.63. The van der Waals surface area contributed by atoms with Crippen molar-refractivity contribution in [2.45, 2.75) is 43.8 Å². The number of hydrogen-bond donors (Lipinski definition) is 0. The van der Waals surface area contributed by atoms with Crippen LogP contribution in [0.15, 0.2) is 55.1 Å². The summed E-state index contributed by atoms with van der Waals surface area (Å²) >= 11 is 0. The first-order valence-electron chi connectivity index (χ1n) is 10.9. The van der Waals surface area contributed by atoms with Gasteiger partial charge in [0.1, 0.15) is 12.2 Å². The zero-order valence-corrected chi connectivity index (χ0v) is 18.6. The lowest BCUT2D eigenvalue weighted by Gasteiger charge is -2.36. The van der Waals surface area contributed by atoms with Crippen molar-refractivity contribution in [2.75, 3.05) is 27.2 Å². The Labute approximate surface area is 184 Å².